The average Bonchev–Trinajstić information content (AvgIpc) is 2.40. The first kappa shape index (κ1) is 12.2. The van der Waals surface area contributed by atoms with E-state index in [1.807, 2.05) is 62.8 Å². The molecule has 0 fully saturated rings. The predicted octanol–water partition coefficient (Wildman–Crippen LogP) is 3.20. The molecule has 0 spiro atoms. The Morgan fingerprint density at radius 3 is 2.22 bits per heavy atom. The van der Waals surface area contributed by atoms with Crippen LogP contribution in [0, 0.1) is 0 Å². The van der Waals surface area contributed by atoms with E-state index in [-0.39, 0.29) is 0 Å². The Bertz CT molecular complexity index is 501. The van der Waals surface area contributed by atoms with Gasteiger partial charge in [-0.25, -0.2) is 0 Å². The van der Waals surface area contributed by atoms with Crippen molar-refractivity contribution < 1.29 is 0 Å². The van der Waals surface area contributed by atoms with E-state index >= 15 is 0 Å². The first-order valence-electron chi connectivity index (χ1n) is 5.87. The molecule has 0 radical (unpaired) electrons. The number of nitrogens with zero attached hydrogens (tertiary/aromatic N) is 2. The van der Waals surface area contributed by atoms with Gasteiger partial charge in [-0.3, -0.25) is 5.43 Å². The second kappa shape index (κ2) is 5.87. The van der Waals surface area contributed by atoms with Crippen LogP contribution in [0.4, 0.5) is 11.4 Å². The molecular formula is C15H17N3. The van der Waals surface area contributed by atoms with Crippen LogP contribution >= 0.6 is 0 Å². The van der Waals surface area contributed by atoms with Crippen LogP contribution in [0.5, 0.6) is 0 Å². The maximum atomic E-state index is 4.20. The van der Waals surface area contributed by atoms with Crippen molar-refractivity contribution >= 4 is 17.6 Å². The quantitative estimate of drug-likeness (QED) is 0.655. The molecule has 0 aliphatic heterocycles. The number of rotatable bonds is 4. The lowest BCUT2D eigenvalue weighted by atomic mass is 10.2. The van der Waals surface area contributed by atoms with Crippen molar-refractivity contribution in [2.75, 3.05) is 24.4 Å². The molecule has 0 saturated carbocycles. The molecule has 2 aromatic rings. The van der Waals surface area contributed by atoms with E-state index in [4.69, 9.17) is 0 Å². The van der Waals surface area contributed by atoms with Gasteiger partial charge < -0.3 is 4.90 Å². The van der Waals surface area contributed by atoms with Crippen LogP contribution in [0.2, 0.25) is 0 Å². The molecule has 0 amide bonds. The van der Waals surface area contributed by atoms with Gasteiger partial charge in [-0.15, -0.1) is 0 Å². The van der Waals surface area contributed by atoms with Gasteiger partial charge in [0.15, 0.2) is 0 Å². The van der Waals surface area contributed by atoms with Crippen molar-refractivity contribution in [2.24, 2.45) is 5.10 Å². The number of hydrazone groups is 1. The smallest absolute Gasteiger partial charge is 0.0561 e. The topological polar surface area (TPSA) is 27.6 Å². The van der Waals surface area contributed by atoms with E-state index in [0.29, 0.717) is 0 Å². The number of nitrogens with one attached hydrogen (secondary N) is 1. The molecule has 92 valence electrons. The summed E-state index contributed by atoms with van der Waals surface area (Å²) in [5.41, 5.74) is 6.23. The molecule has 3 nitrogen and oxygen atoms in total. The summed E-state index contributed by atoms with van der Waals surface area (Å²) in [6, 6.07) is 18.1. The van der Waals surface area contributed by atoms with Crippen LogP contribution in [0.3, 0.4) is 0 Å². The van der Waals surface area contributed by atoms with Crippen LogP contribution in [0.1, 0.15) is 5.56 Å². The molecule has 3 heteroatoms. The highest BCUT2D eigenvalue weighted by molar-refractivity contribution is 5.80. The van der Waals surface area contributed by atoms with Crippen molar-refractivity contribution in [1.29, 1.82) is 0 Å². The molecule has 18 heavy (non-hydrogen) atoms. The molecule has 0 unspecified atom stereocenters. The zero-order valence-corrected chi connectivity index (χ0v) is 10.7. The van der Waals surface area contributed by atoms with Gasteiger partial charge in [0.05, 0.1) is 11.9 Å². The van der Waals surface area contributed by atoms with E-state index in [9.17, 15) is 0 Å². The van der Waals surface area contributed by atoms with Gasteiger partial charge in [0.25, 0.3) is 0 Å². The Kier molecular flexibility index (Phi) is 3.97. The maximum absolute atomic E-state index is 4.20. The van der Waals surface area contributed by atoms with Gasteiger partial charge in [-0.05, 0) is 29.8 Å². The average molecular weight is 239 g/mol. The molecule has 0 aromatic heterocycles. The lowest BCUT2D eigenvalue weighted by Crippen LogP contribution is -2.08. The lowest BCUT2D eigenvalue weighted by Gasteiger charge is -2.11. The van der Waals surface area contributed by atoms with E-state index in [2.05, 4.69) is 27.6 Å². The summed E-state index contributed by atoms with van der Waals surface area (Å²) in [5, 5.41) is 4.20. The zero-order valence-electron chi connectivity index (χ0n) is 10.7. The van der Waals surface area contributed by atoms with Crippen LogP contribution in [0.25, 0.3) is 0 Å². The molecule has 0 aliphatic carbocycles. The van der Waals surface area contributed by atoms with Crippen molar-refractivity contribution in [3.8, 4) is 0 Å². The zero-order chi connectivity index (χ0) is 12.8. The standard InChI is InChI=1S/C15H17N3/c1-18(2)15-10-8-13(9-11-15)12-16-17-14-6-4-3-5-7-14/h3-12,17H,1-2H3. The summed E-state index contributed by atoms with van der Waals surface area (Å²) < 4.78 is 0. The second-order valence-electron chi connectivity index (χ2n) is 4.22. The summed E-state index contributed by atoms with van der Waals surface area (Å²) in [6.45, 7) is 0. The molecule has 0 aliphatic rings. The Balaban J connectivity index is 1.97. The van der Waals surface area contributed by atoms with Gasteiger partial charge in [-0.1, -0.05) is 30.3 Å². The highest BCUT2D eigenvalue weighted by atomic mass is 15.3. The summed E-state index contributed by atoms with van der Waals surface area (Å²) in [5.74, 6) is 0. The Labute approximate surface area is 108 Å². The molecular weight excluding hydrogens is 222 g/mol. The largest absolute Gasteiger partial charge is 0.378 e. The SMILES string of the molecule is CN(C)c1ccc(C=NNc2ccccc2)cc1. The summed E-state index contributed by atoms with van der Waals surface area (Å²) in [7, 11) is 4.06. The molecule has 0 saturated heterocycles. The number of hydrogen-bond acceptors (Lipinski definition) is 3. The first-order valence-corrected chi connectivity index (χ1v) is 5.87. The van der Waals surface area contributed by atoms with Gasteiger partial charge in [-0.2, -0.15) is 5.10 Å². The number of benzene rings is 2. The summed E-state index contributed by atoms with van der Waals surface area (Å²) in [4.78, 5) is 2.07. The Morgan fingerprint density at radius 1 is 0.944 bits per heavy atom. The lowest BCUT2D eigenvalue weighted by molar-refractivity contribution is 1.13. The monoisotopic (exact) mass is 239 g/mol. The highest BCUT2D eigenvalue weighted by Gasteiger charge is 1.93. The van der Waals surface area contributed by atoms with E-state index in [1.165, 1.54) is 5.69 Å². The van der Waals surface area contributed by atoms with Crippen molar-refractivity contribution in [2.45, 2.75) is 0 Å². The second-order valence-corrected chi connectivity index (χ2v) is 4.22. The molecule has 0 atom stereocenters. The summed E-state index contributed by atoms with van der Waals surface area (Å²) in [6.07, 6.45) is 1.81. The van der Waals surface area contributed by atoms with Crippen molar-refractivity contribution in [1.82, 2.24) is 0 Å². The van der Waals surface area contributed by atoms with Crippen LogP contribution in [0.15, 0.2) is 59.7 Å². The minimum atomic E-state index is 0.985. The van der Waals surface area contributed by atoms with Gasteiger partial charge in [0, 0.05) is 19.8 Å². The fourth-order valence-electron chi connectivity index (χ4n) is 1.55. The van der Waals surface area contributed by atoms with E-state index < -0.39 is 0 Å². The Morgan fingerprint density at radius 2 is 1.61 bits per heavy atom. The fourth-order valence-corrected chi connectivity index (χ4v) is 1.55. The normalized spacial score (nSPS) is 10.6. The van der Waals surface area contributed by atoms with Crippen molar-refractivity contribution in [3.05, 3.63) is 60.2 Å². The first-order chi connectivity index (χ1) is 8.75. The van der Waals surface area contributed by atoms with E-state index in [0.717, 1.165) is 11.3 Å². The number of hydrogen-bond donors (Lipinski definition) is 1. The predicted molar refractivity (Wildman–Crippen MR) is 78.4 cm³/mol. The summed E-state index contributed by atoms with van der Waals surface area (Å²) >= 11 is 0. The highest BCUT2D eigenvalue weighted by Crippen LogP contribution is 2.11. The van der Waals surface area contributed by atoms with E-state index in [1.54, 1.807) is 0 Å². The molecule has 0 bridgehead atoms. The van der Waals surface area contributed by atoms with Crippen LogP contribution in [-0.4, -0.2) is 20.3 Å². The molecule has 2 aromatic carbocycles. The van der Waals surface area contributed by atoms with Gasteiger partial charge in [0.1, 0.15) is 0 Å². The number of para-hydroxylation sites is 1. The van der Waals surface area contributed by atoms with Crippen LogP contribution < -0.4 is 10.3 Å². The maximum Gasteiger partial charge on any atom is 0.0561 e. The minimum absolute atomic E-state index is 0.985. The molecule has 1 N–H and O–H groups in total. The Hall–Kier alpha value is -2.29. The molecule has 2 rings (SSSR count). The fraction of sp³-hybridized carbons (Fsp3) is 0.133. The molecule has 0 heterocycles. The van der Waals surface area contributed by atoms with Crippen LogP contribution in [-0.2, 0) is 0 Å². The van der Waals surface area contributed by atoms with Gasteiger partial charge in [0.2, 0.25) is 0 Å². The van der Waals surface area contributed by atoms with Crippen molar-refractivity contribution in [3.63, 3.8) is 0 Å². The minimum Gasteiger partial charge on any atom is -0.378 e. The number of anilines is 2. The third kappa shape index (κ3) is 3.35. The third-order valence-corrected chi connectivity index (χ3v) is 2.59. The van der Waals surface area contributed by atoms with Gasteiger partial charge >= 0.3 is 0 Å². The third-order valence-electron chi connectivity index (χ3n) is 2.59.